The fourth-order valence-electron chi connectivity index (χ4n) is 3.49. The second kappa shape index (κ2) is 5.50. The lowest BCUT2D eigenvalue weighted by molar-refractivity contribution is 0.109. The van der Waals surface area contributed by atoms with Gasteiger partial charge in [0, 0.05) is 29.4 Å². The van der Waals surface area contributed by atoms with Gasteiger partial charge >= 0.3 is 0 Å². The molecule has 100 valence electrons. The summed E-state index contributed by atoms with van der Waals surface area (Å²) < 4.78 is 0.409. The van der Waals surface area contributed by atoms with Gasteiger partial charge in [-0.15, -0.1) is 0 Å². The van der Waals surface area contributed by atoms with Crippen LogP contribution in [0, 0.1) is 0 Å². The minimum atomic E-state index is 0.409. The monoisotopic (exact) mass is 256 g/mol. The highest BCUT2D eigenvalue weighted by molar-refractivity contribution is 7.99. The van der Waals surface area contributed by atoms with Crippen molar-refractivity contribution in [3.8, 4) is 0 Å². The summed E-state index contributed by atoms with van der Waals surface area (Å²) in [6, 6.07) is 2.49. The number of rotatable bonds is 5. The topological polar surface area (TPSA) is 15.3 Å². The van der Waals surface area contributed by atoms with E-state index < -0.39 is 0 Å². The normalized spacial score (nSPS) is 34.2. The second-order valence-electron chi connectivity index (χ2n) is 6.25. The summed E-state index contributed by atoms with van der Waals surface area (Å²) >= 11 is 2.01. The van der Waals surface area contributed by atoms with Crippen LogP contribution in [-0.2, 0) is 0 Å². The SMILES string of the molecule is CCNC1CC2CCC(C1)N2CC(C)(C)SC. The number of fused-ring (bicyclic) bond motifs is 2. The van der Waals surface area contributed by atoms with Gasteiger partial charge in [-0.2, -0.15) is 11.8 Å². The lowest BCUT2D eigenvalue weighted by atomic mass is 9.96. The molecule has 0 amide bonds. The molecule has 0 aromatic heterocycles. The lowest BCUT2D eigenvalue weighted by Crippen LogP contribution is -2.52. The third-order valence-corrected chi connectivity index (χ3v) is 5.73. The molecule has 2 fully saturated rings. The minimum Gasteiger partial charge on any atom is -0.314 e. The average Bonchev–Trinajstić information content (AvgIpc) is 2.52. The van der Waals surface area contributed by atoms with Crippen LogP contribution in [0.2, 0.25) is 0 Å². The quantitative estimate of drug-likeness (QED) is 0.814. The molecule has 2 atom stereocenters. The van der Waals surface area contributed by atoms with Crippen LogP contribution in [0.15, 0.2) is 0 Å². The Morgan fingerprint density at radius 3 is 2.29 bits per heavy atom. The number of nitrogens with zero attached hydrogens (tertiary/aromatic N) is 1. The van der Waals surface area contributed by atoms with Crippen molar-refractivity contribution in [1.82, 2.24) is 10.2 Å². The standard InChI is InChI=1S/C14H28N2S/c1-5-15-11-8-12-6-7-13(9-11)16(12)10-14(2,3)17-4/h11-13,15H,5-10H2,1-4H3. The van der Waals surface area contributed by atoms with E-state index in [1.54, 1.807) is 0 Å². The van der Waals surface area contributed by atoms with Crippen LogP contribution in [0.5, 0.6) is 0 Å². The van der Waals surface area contributed by atoms with Crippen LogP contribution >= 0.6 is 11.8 Å². The van der Waals surface area contributed by atoms with Gasteiger partial charge in [0.15, 0.2) is 0 Å². The molecule has 2 heterocycles. The molecule has 2 nitrogen and oxygen atoms in total. The van der Waals surface area contributed by atoms with Gasteiger partial charge in [-0.05, 0) is 52.3 Å². The third kappa shape index (κ3) is 3.18. The fourth-order valence-corrected chi connectivity index (χ4v) is 3.77. The Labute approximate surface area is 111 Å². The smallest absolute Gasteiger partial charge is 0.0228 e. The molecule has 2 rings (SSSR count). The Morgan fingerprint density at radius 2 is 1.82 bits per heavy atom. The molecule has 17 heavy (non-hydrogen) atoms. The summed E-state index contributed by atoms with van der Waals surface area (Å²) in [6.07, 6.45) is 7.84. The van der Waals surface area contributed by atoms with Crippen molar-refractivity contribution in [2.45, 2.75) is 69.3 Å². The van der Waals surface area contributed by atoms with Crippen molar-refractivity contribution in [3.63, 3.8) is 0 Å². The molecule has 0 saturated carbocycles. The third-order valence-electron chi connectivity index (χ3n) is 4.49. The molecule has 2 aliphatic heterocycles. The number of hydrogen-bond donors (Lipinski definition) is 1. The number of nitrogens with one attached hydrogen (secondary N) is 1. The first kappa shape index (κ1) is 13.7. The van der Waals surface area contributed by atoms with Crippen LogP contribution < -0.4 is 5.32 Å². The molecule has 2 saturated heterocycles. The summed E-state index contributed by atoms with van der Waals surface area (Å²) in [5, 5.41) is 3.65. The van der Waals surface area contributed by atoms with E-state index in [1.807, 2.05) is 11.8 Å². The van der Waals surface area contributed by atoms with E-state index >= 15 is 0 Å². The molecule has 0 spiro atoms. The first-order chi connectivity index (χ1) is 8.05. The van der Waals surface area contributed by atoms with Crippen molar-refractivity contribution in [3.05, 3.63) is 0 Å². The zero-order chi connectivity index (χ0) is 12.5. The van der Waals surface area contributed by atoms with Gasteiger partial charge in [0.1, 0.15) is 0 Å². The van der Waals surface area contributed by atoms with Crippen LogP contribution in [-0.4, -0.2) is 47.1 Å². The van der Waals surface area contributed by atoms with E-state index in [2.05, 4.69) is 37.2 Å². The molecule has 1 N–H and O–H groups in total. The number of piperidine rings is 1. The maximum atomic E-state index is 3.65. The van der Waals surface area contributed by atoms with E-state index in [4.69, 9.17) is 0 Å². The van der Waals surface area contributed by atoms with E-state index in [9.17, 15) is 0 Å². The van der Waals surface area contributed by atoms with E-state index in [0.29, 0.717) is 4.75 Å². The molecule has 0 radical (unpaired) electrons. The molecule has 2 unspecified atom stereocenters. The van der Waals surface area contributed by atoms with Crippen LogP contribution in [0.3, 0.4) is 0 Å². The Bertz CT molecular complexity index is 241. The lowest BCUT2D eigenvalue weighted by Gasteiger charge is -2.42. The van der Waals surface area contributed by atoms with Crippen molar-refractivity contribution in [2.75, 3.05) is 19.3 Å². The number of hydrogen-bond acceptors (Lipinski definition) is 3. The van der Waals surface area contributed by atoms with E-state index in [0.717, 1.165) is 24.7 Å². The highest BCUT2D eigenvalue weighted by atomic mass is 32.2. The zero-order valence-electron chi connectivity index (χ0n) is 11.8. The van der Waals surface area contributed by atoms with Crippen LogP contribution in [0.1, 0.15) is 46.5 Å². The predicted molar refractivity (Wildman–Crippen MR) is 77.8 cm³/mol. The fraction of sp³-hybridized carbons (Fsp3) is 1.00. The second-order valence-corrected chi connectivity index (χ2v) is 7.76. The largest absolute Gasteiger partial charge is 0.314 e. The summed E-state index contributed by atoms with van der Waals surface area (Å²) in [7, 11) is 0. The zero-order valence-corrected chi connectivity index (χ0v) is 12.6. The Hall–Kier alpha value is 0.270. The highest BCUT2D eigenvalue weighted by Gasteiger charge is 2.42. The Morgan fingerprint density at radius 1 is 1.24 bits per heavy atom. The molecular weight excluding hydrogens is 228 g/mol. The van der Waals surface area contributed by atoms with Gasteiger partial charge < -0.3 is 5.32 Å². The molecule has 0 aromatic carbocycles. The van der Waals surface area contributed by atoms with E-state index in [-0.39, 0.29) is 0 Å². The Balaban J connectivity index is 1.94. The summed E-state index contributed by atoms with van der Waals surface area (Å²) in [5.41, 5.74) is 0. The van der Waals surface area contributed by atoms with Crippen molar-refractivity contribution < 1.29 is 0 Å². The van der Waals surface area contributed by atoms with Crippen molar-refractivity contribution in [1.29, 1.82) is 0 Å². The molecule has 0 aromatic rings. The average molecular weight is 256 g/mol. The van der Waals surface area contributed by atoms with Crippen LogP contribution in [0.4, 0.5) is 0 Å². The van der Waals surface area contributed by atoms with Crippen molar-refractivity contribution >= 4 is 11.8 Å². The van der Waals surface area contributed by atoms with Gasteiger partial charge in [0.2, 0.25) is 0 Å². The van der Waals surface area contributed by atoms with E-state index in [1.165, 1.54) is 32.2 Å². The van der Waals surface area contributed by atoms with Gasteiger partial charge in [0.05, 0.1) is 0 Å². The summed E-state index contributed by atoms with van der Waals surface area (Å²) in [6.45, 7) is 9.38. The molecular formula is C14H28N2S. The minimum absolute atomic E-state index is 0.409. The maximum Gasteiger partial charge on any atom is 0.0228 e. The van der Waals surface area contributed by atoms with Gasteiger partial charge in [-0.3, -0.25) is 4.90 Å². The summed E-state index contributed by atoms with van der Waals surface area (Å²) in [5.74, 6) is 0. The summed E-state index contributed by atoms with van der Waals surface area (Å²) in [4.78, 5) is 2.81. The molecule has 3 heteroatoms. The van der Waals surface area contributed by atoms with Gasteiger partial charge in [0.25, 0.3) is 0 Å². The predicted octanol–water partition coefficient (Wildman–Crippen LogP) is 2.73. The highest BCUT2D eigenvalue weighted by Crippen LogP contribution is 2.38. The van der Waals surface area contributed by atoms with Crippen LogP contribution in [0.25, 0.3) is 0 Å². The first-order valence-electron chi connectivity index (χ1n) is 7.10. The van der Waals surface area contributed by atoms with Crippen molar-refractivity contribution in [2.24, 2.45) is 0 Å². The van der Waals surface area contributed by atoms with Gasteiger partial charge in [-0.25, -0.2) is 0 Å². The Kier molecular flexibility index (Phi) is 4.43. The van der Waals surface area contributed by atoms with Gasteiger partial charge in [-0.1, -0.05) is 6.92 Å². The maximum absolute atomic E-state index is 3.65. The number of thioether (sulfide) groups is 1. The molecule has 2 aliphatic rings. The first-order valence-corrected chi connectivity index (χ1v) is 8.32. The molecule has 2 bridgehead atoms. The molecule has 0 aliphatic carbocycles.